The Balaban J connectivity index is 1.70. The van der Waals surface area contributed by atoms with E-state index >= 15 is 0 Å². The summed E-state index contributed by atoms with van der Waals surface area (Å²) in [6.45, 7) is 1.04. The molecule has 0 saturated carbocycles. The number of aromatic nitrogens is 1. The van der Waals surface area contributed by atoms with E-state index in [0.29, 0.717) is 25.9 Å². The summed E-state index contributed by atoms with van der Waals surface area (Å²) >= 11 is 0. The van der Waals surface area contributed by atoms with Crippen LogP contribution in [0.25, 0.3) is 0 Å². The third kappa shape index (κ3) is 3.55. The Bertz CT molecular complexity index is 410. The largest absolute Gasteiger partial charge is 0.355 e. The van der Waals surface area contributed by atoms with Crippen molar-refractivity contribution in [2.45, 2.75) is 19.3 Å². The number of amides is 2. The van der Waals surface area contributed by atoms with E-state index in [1.807, 2.05) is 18.2 Å². The number of carbonyl (C=O) groups excluding carboxylic acids is 2. The van der Waals surface area contributed by atoms with Crippen molar-refractivity contribution in [3.63, 3.8) is 0 Å². The highest BCUT2D eigenvalue weighted by Crippen LogP contribution is 2.10. The van der Waals surface area contributed by atoms with E-state index in [1.54, 1.807) is 6.20 Å². The molecule has 0 aromatic carbocycles. The first kappa shape index (κ1) is 12.5. The maximum Gasteiger partial charge on any atom is 0.224 e. The van der Waals surface area contributed by atoms with Gasteiger partial charge in [-0.2, -0.15) is 0 Å². The Hall–Kier alpha value is -1.91. The van der Waals surface area contributed by atoms with Gasteiger partial charge in [-0.15, -0.1) is 0 Å². The summed E-state index contributed by atoms with van der Waals surface area (Å²) in [6, 6.07) is 5.74. The maximum absolute atomic E-state index is 11.8. The number of hydrogen-bond acceptors (Lipinski definition) is 3. The van der Waals surface area contributed by atoms with Crippen LogP contribution in [-0.2, 0) is 16.0 Å². The normalized spacial score (nSPS) is 19.1. The standard InChI is InChI=1S/C13H17N3O2/c17-12-5-4-10(9-16-12)13(18)15-8-6-11-3-1-2-7-14-11/h1-3,7,10H,4-6,8-9H2,(H,15,18)(H,16,17). The lowest BCUT2D eigenvalue weighted by atomic mass is 9.98. The molecule has 0 spiro atoms. The van der Waals surface area contributed by atoms with Crippen molar-refractivity contribution in [3.05, 3.63) is 30.1 Å². The minimum absolute atomic E-state index is 0.0194. The maximum atomic E-state index is 11.8. The quantitative estimate of drug-likeness (QED) is 0.802. The van der Waals surface area contributed by atoms with Crippen LogP contribution in [0.2, 0.25) is 0 Å². The smallest absolute Gasteiger partial charge is 0.224 e. The summed E-state index contributed by atoms with van der Waals surface area (Å²) in [7, 11) is 0. The molecule has 1 aromatic rings. The predicted molar refractivity (Wildman–Crippen MR) is 66.7 cm³/mol. The van der Waals surface area contributed by atoms with Crippen molar-refractivity contribution in [1.82, 2.24) is 15.6 Å². The lowest BCUT2D eigenvalue weighted by Gasteiger charge is -2.21. The highest BCUT2D eigenvalue weighted by molar-refractivity contribution is 5.83. The van der Waals surface area contributed by atoms with Crippen molar-refractivity contribution in [2.24, 2.45) is 5.92 Å². The lowest BCUT2D eigenvalue weighted by Crippen LogP contribution is -2.43. The van der Waals surface area contributed by atoms with Crippen LogP contribution < -0.4 is 10.6 Å². The van der Waals surface area contributed by atoms with Gasteiger partial charge >= 0.3 is 0 Å². The molecule has 2 N–H and O–H groups in total. The first-order valence-electron chi connectivity index (χ1n) is 6.20. The van der Waals surface area contributed by atoms with Gasteiger partial charge < -0.3 is 10.6 Å². The third-order valence-electron chi connectivity index (χ3n) is 3.04. The van der Waals surface area contributed by atoms with E-state index in [1.165, 1.54) is 0 Å². The summed E-state index contributed by atoms with van der Waals surface area (Å²) in [5, 5.41) is 5.59. The summed E-state index contributed by atoms with van der Waals surface area (Å²) in [5.41, 5.74) is 0.967. The van der Waals surface area contributed by atoms with Gasteiger partial charge in [-0.1, -0.05) is 6.07 Å². The molecule has 1 aliphatic heterocycles. The molecule has 0 bridgehead atoms. The van der Waals surface area contributed by atoms with Gasteiger partial charge in [0.15, 0.2) is 0 Å². The molecule has 1 unspecified atom stereocenters. The molecule has 1 aromatic heterocycles. The molecule has 0 aliphatic carbocycles. The first-order chi connectivity index (χ1) is 8.75. The zero-order chi connectivity index (χ0) is 12.8. The van der Waals surface area contributed by atoms with E-state index < -0.39 is 0 Å². The fourth-order valence-corrected chi connectivity index (χ4v) is 1.96. The first-order valence-corrected chi connectivity index (χ1v) is 6.20. The number of hydrogen-bond donors (Lipinski definition) is 2. The molecule has 1 atom stereocenters. The van der Waals surface area contributed by atoms with E-state index in [4.69, 9.17) is 0 Å². The van der Waals surface area contributed by atoms with Crippen LogP contribution in [0, 0.1) is 5.92 Å². The zero-order valence-electron chi connectivity index (χ0n) is 10.2. The Morgan fingerprint density at radius 2 is 2.39 bits per heavy atom. The SMILES string of the molecule is O=C1CCC(C(=O)NCCc2ccccn2)CN1. The van der Waals surface area contributed by atoms with E-state index in [-0.39, 0.29) is 17.7 Å². The molecule has 5 nitrogen and oxygen atoms in total. The van der Waals surface area contributed by atoms with Crippen LogP contribution in [0.4, 0.5) is 0 Å². The van der Waals surface area contributed by atoms with Crippen molar-refractivity contribution in [3.8, 4) is 0 Å². The monoisotopic (exact) mass is 247 g/mol. The van der Waals surface area contributed by atoms with Gasteiger partial charge in [-0.3, -0.25) is 14.6 Å². The van der Waals surface area contributed by atoms with Crippen molar-refractivity contribution >= 4 is 11.8 Å². The summed E-state index contributed by atoms with van der Waals surface area (Å²) in [6.07, 6.45) is 3.55. The van der Waals surface area contributed by atoms with Crippen molar-refractivity contribution in [1.29, 1.82) is 0 Å². The van der Waals surface area contributed by atoms with Crippen LogP contribution in [0.15, 0.2) is 24.4 Å². The Kier molecular flexibility index (Phi) is 4.28. The Morgan fingerprint density at radius 3 is 3.06 bits per heavy atom. The van der Waals surface area contributed by atoms with E-state index in [9.17, 15) is 9.59 Å². The van der Waals surface area contributed by atoms with Crippen LogP contribution in [0.3, 0.4) is 0 Å². The molecule has 1 saturated heterocycles. The second kappa shape index (κ2) is 6.14. The van der Waals surface area contributed by atoms with Crippen molar-refractivity contribution in [2.75, 3.05) is 13.1 Å². The topological polar surface area (TPSA) is 71.1 Å². The lowest BCUT2D eigenvalue weighted by molar-refractivity contribution is -0.128. The fraction of sp³-hybridized carbons (Fsp3) is 0.462. The van der Waals surface area contributed by atoms with Gasteiger partial charge in [-0.05, 0) is 18.6 Å². The van der Waals surface area contributed by atoms with Gasteiger partial charge in [0.05, 0.1) is 5.92 Å². The Morgan fingerprint density at radius 1 is 1.50 bits per heavy atom. The molecule has 2 rings (SSSR count). The second-order valence-electron chi connectivity index (χ2n) is 4.40. The molecular formula is C13H17N3O2. The minimum atomic E-state index is -0.0913. The van der Waals surface area contributed by atoms with Gasteiger partial charge in [0, 0.05) is 37.8 Å². The third-order valence-corrected chi connectivity index (χ3v) is 3.04. The van der Waals surface area contributed by atoms with Crippen LogP contribution in [-0.4, -0.2) is 29.9 Å². The number of piperidine rings is 1. The number of nitrogens with one attached hydrogen (secondary N) is 2. The number of rotatable bonds is 4. The summed E-state index contributed by atoms with van der Waals surface area (Å²) < 4.78 is 0. The highest BCUT2D eigenvalue weighted by atomic mass is 16.2. The van der Waals surface area contributed by atoms with E-state index in [0.717, 1.165) is 12.1 Å². The van der Waals surface area contributed by atoms with E-state index in [2.05, 4.69) is 15.6 Å². The predicted octanol–water partition coefficient (Wildman–Crippen LogP) is 0.267. The molecule has 1 fully saturated rings. The number of pyridine rings is 1. The fourth-order valence-electron chi connectivity index (χ4n) is 1.96. The molecule has 1 aliphatic rings. The molecule has 96 valence electrons. The number of carbonyl (C=O) groups is 2. The average Bonchev–Trinajstić information content (AvgIpc) is 2.40. The Labute approximate surface area is 106 Å². The molecule has 0 radical (unpaired) electrons. The molecule has 18 heavy (non-hydrogen) atoms. The number of nitrogens with zero attached hydrogens (tertiary/aromatic N) is 1. The molecule has 5 heteroatoms. The van der Waals surface area contributed by atoms with Gasteiger partial charge in [-0.25, -0.2) is 0 Å². The minimum Gasteiger partial charge on any atom is -0.355 e. The second-order valence-corrected chi connectivity index (χ2v) is 4.40. The molecular weight excluding hydrogens is 230 g/mol. The van der Waals surface area contributed by atoms with Crippen LogP contribution in [0.5, 0.6) is 0 Å². The van der Waals surface area contributed by atoms with Gasteiger partial charge in [0.2, 0.25) is 11.8 Å². The van der Waals surface area contributed by atoms with Crippen LogP contribution >= 0.6 is 0 Å². The average molecular weight is 247 g/mol. The van der Waals surface area contributed by atoms with Crippen LogP contribution in [0.1, 0.15) is 18.5 Å². The molecule has 2 heterocycles. The molecule has 2 amide bonds. The zero-order valence-corrected chi connectivity index (χ0v) is 10.2. The van der Waals surface area contributed by atoms with Crippen molar-refractivity contribution < 1.29 is 9.59 Å². The highest BCUT2D eigenvalue weighted by Gasteiger charge is 2.23. The summed E-state index contributed by atoms with van der Waals surface area (Å²) in [4.78, 5) is 27.0. The van der Waals surface area contributed by atoms with Gasteiger partial charge in [0.25, 0.3) is 0 Å². The summed E-state index contributed by atoms with van der Waals surface area (Å²) in [5.74, 6) is -0.0371. The van der Waals surface area contributed by atoms with Gasteiger partial charge in [0.1, 0.15) is 0 Å².